The van der Waals surface area contributed by atoms with Crippen molar-refractivity contribution in [1.82, 2.24) is 4.98 Å². The summed E-state index contributed by atoms with van der Waals surface area (Å²) >= 11 is 0. The van der Waals surface area contributed by atoms with Gasteiger partial charge in [-0.25, -0.2) is 14.2 Å². The third-order valence-corrected chi connectivity index (χ3v) is 2.29. The fourth-order valence-corrected chi connectivity index (χ4v) is 1.54. The maximum atomic E-state index is 13.5. The number of hydrogen-bond acceptors (Lipinski definition) is 4. The van der Waals surface area contributed by atoms with Gasteiger partial charge in [0.25, 0.3) is 0 Å². The summed E-state index contributed by atoms with van der Waals surface area (Å²) in [7, 11) is 0. The lowest BCUT2D eigenvalue weighted by molar-refractivity contribution is 0.0521. The number of para-hydroxylation sites is 1. The minimum atomic E-state index is -0.643. The van der Waals surface area contributed by atoms with Gasteiger partial charge in [0.2, 0.25) is 0 Å². The number of hydrogen-bond donors (Lipinski definition) is 1. The second-order valence-electron chi connectivity index (χ2n) is 3.46. The Hall–Kier alpha value is -2.17. The molecule has 0 aliphatic heterocycles. The molecule has 0 unspecified atom stereocenters. The Labute approximate surface area is 97.2 Å². The molecule has 0 aliphatic rings. The first-order valence-corrected chi connectivity index (χ1v) is 5.15. The molecule has 4 nitrogen and oxygen atoms in total. The molecule has 1 aromatic carbocycles. The van der Waals surface area contributed by atoms with Crippen molar-refractivity contribution < 1.29 is 13.9 Å². The predicted molar refractivity (Wildman–Crippen MR) is 62.1 cm³/mol. The molecule has 17 heavy (non-hydrogen) atoms. The minimum absolute atomic E-state index is 0.0514. The Morgan fingerprint density at radius 3 is 3.00 bits per heavy atom. The zero-order valence-electron chi connectivity index (χ0n) is 9.24. The third kappa shape index (κ3) is 2.04. The van der Waals surface area contributed by atoms with Crippen LogP contribution in [0.25, 0.3) is 10.9 Å². The van der Waals surface area contributed by atoms with Crippen molar-refractivity contribution >= 4 is 22.6 Å². The van der Waals surface area contributed by atoms with Crippen molar-refractivity contribution in [2.24, 2.45) is 0 Å². The van der Waals surface area contributed by atoms with E-state index in [2.05, 4.69) is 4.98 Å². The highest BCUT2D eigenvalue weighted by Crippen LogP contribution is 2.21. The van der Waals surface area contributed by atoms with E-state index in [0.717, 1.165) is 0 Å². The number of nitrogens with two attached hydrogens (primary N) is 1. The predicted octanol–water partition coefficient (Wildman–Crippen LogP) is 2.13. The number of rotatable bonds is 2. The fourth-order valence-electron chi connectivity index (χ4n) is 1.54. The Morgan fingerprint density at radius 1 is 1.53 bits per heavy atom. The summed E-state index contributed by atoms with van der Waals surface area (Å²) < 4.78 is 18.3. The monoisotopic (exact) mass is 234 g/mol. The first-order valence-electron chi connectivity index (χ1n) is 5.15. The van der Waals surface area contributed by atoms with E-state index >= 15 is 0 Å². The molecule has 1 aromatic heterocycles. The lowest BCUT2D eigenvalue weighted by Crippen LogP contribution is -2.10. The van der Waals surface area contributed by atoms with E-state index in [4.69, 9.17) is 10.5 Å². The average Bonchev–Trinajstić information content (AvgIpc) is 2.29. The molecular formula is C12H11FN2O2. The van der Waals surface area contributed by atoms with Crippen molar-refractivity contribution in [3.05, 3.63) is 35.8 Å². The molecule has 0 fully saturated rings. The molecule has 88 valence electrons. The number of nitrogen functional groups attached to an aromatic ring is 1. The quantitative estimate of drug-likeness (QED) is 0.808. The summed E-state index contributed by atoms with van der Waals surface area (Å²) in [6.45, 7) is 1.89. The molecule has 0 saturated carbocycles. The molecular weight excluding hydrogens is 223 g/mol. The van der Waals surface area contributed by atoms with Crippen molar-refractivity contribution in [3.8, 4) is 0 Å². The highest BCUT2D eigenvalue weighted by atomic mass is 19.1. The van der Waals surface area contributed by atoms with E-state index in [0.29, 0.717) is 5.39 Å². The molecule has 0 radical (unpaired) electrons. The maximum Gasteiger partial charge on any atom is 0.359 e. The summed E-state index contributed by atoms with van der Waals surface area (Å²) in [4.78, 5) is 15.5. The number of halogens is 1. The number of pyridine rings is 1. The van der Waals surface area contributed by atoms with Gasteiger partial charge in [-0.15, -0.1) is 0 Å². The molecule has 2 rings (SSSR count). The van der Waals surface area contributed by atoms with E-state index in [1.165, 1.54) is 12.1 Å². The molecule has 2 N–H and O–H groups in total. The molecule has 0 aliphatic carbocycles. The fraction of sp³-hybridized carbons (Fsp3) is 0.167. The van der Waals surface area contributed by atoms with Crippen LogP contribution < -0.4 is 5.73 Å². The van der Waals surface area contributed by atoms with Gasteiger partial charge in [0.15, 0.2) is 5.69 Å². The second kappa shape index (κ2) is 4.37. The number of carbonyl (C=O) groups is 1. The Kier molecular flexibility index (Phi) is 2.91. The number of nitrogens with zero attached hydrogens (tertiary/aromatic N) is 1. The molecule has 2 aromatic rings. The van der Waals surface area contributed by atoms with Crippen LogP contribution in [-0.4, -0.2) is 17.6 Å². The first kappa shape index (κ1) is 11.3. The maximum absolute atomic E-state index is 13.5. The third-order valence-electron chi connectivity index (χ3n) is 2.29. The normalized spacial score (nSPS) is 10.5. The van der Waals surface area contributed by atoms with Gasteiger partial charge >= 0.3 is 5.97 Å². The van der Waals surface area contributed by atoms with Crippen LogP contribution in [0.1, 0.15) is 17.4 Å². The van der Waals surface area contributed by atoms with E-state index in [9.17, 15) is 9.18 Å². The standard InChI is InChI=1S/C12H11FN2O2/c1-2-17-12(16)11-9(14)6-7-4-3-5-8(13)10(7)15-11/h3-6H,2,14H2,1H3. The largest absolute Gasteiger partial charge is 0.461 e. The summed E-state index contributed by atoms with van der Waals surface area (Å²) in [6, 6.07) is 6.03. The highest BCUT2D eigenvalue weighted by molar-refractivity contribution is 5.97. The van der Waals surface area contributed by atoms with Gasteiger partial charge in [-0.05, 0) is 19.1 Å². The number of ether oxygens (including phenoxy) is 1. The van der Waals surface area contributed by atoms with Crippen LogP contribution >= 0.6 is 0 Å². The van der Waals surface area contributed by atoms with E-state index < -0.39 is 11.8 Å². The van der Waals surface area contributed by atoms with Crippen molar-refractivity contribution in [2.75, 3.05) is 12.3 Å². The summed E-state index contributed by atoms with van der Waals surface area (Å²) in [5, 5.41) is 0.551. The molecule has 5 heteroatoms. The Bertz CT molecular complexity index is 584. The van der Waals surface area contributed by atoms with Gasteiger partial charge in [0.1, 0.15) is 11.3 Å². The van der Waals surface area contributed by atoms with Gasteiger partial charge in [0.05, 0.1) is 12.3 Å². The SMILES string of the molecule is CCOC(=O)c1nc2c(F)cccc2cc1N. The van der Waals surface area contributed by atoms with Crippen molar-refractivity contribution in [1.29, 1.82) is 0 Å². The Morgan fingerprint density at radius 2 is 2.29 bits per heavy atom. The smallest absolute Gasteiger partial charge is 0.359 e. The van der Waals surface area contributed by atoms with Crippen LogP contribution in [0.5, 0.6) is 0 Å². The molecule has 0 bridgehead atoms. The topological polar surface area (TPSA) is 65.2 Å². The highest BCUT2D eigenvalue weighted by Gasteiger charge is 2.15. The van der Waals surface area contributed by atoms with Crippen LogP contribution in [0.4, 0.5) is 10.1 Å². The number of aromatic nitrogens is 1. The van der Waals surface area contributed by atoms with E-state index in [1.807, 2.05) is 0 Å². The number of esters is 1. The number of benzene rings is 1. The summed E-state index contributed by atoms with van der Waals surface area (Å²) in [5.41, 5.74) is 5.93. The van der Waals surface area contributed by atoms with Gasteiger partial charge in [-0.3, -0.25) is 0 Å². The van der Waals surface area contributed by atoms with E-state index in [-0.39, 0.29) is 23.5 Å². The van der Waals surface area contributed by atoms with Crippen LogP contribution in [0.2, 0.25) is 0 Å². The second-order valence-corrected chi connectivity index (χ2v) is 3.46. The zero-order valence-corrected chi connectivity index (χ0v) is 9.24. The van der Waals surface area contributed by atoms with Gasteiger partial charge < -0.3 is 10.5 Å². The molecule has 1 heterocycles. The molecule has 0 amide bonds. The number of anilines is 1. The summed E-state index contributed by atoms with van der Waals surface area (Å²) in [6.07, 6.45) is 0. The van der Waals surface area contributed by atoms with E-state index in [1.54, 1.807) is 19.1 Å². The zero-order chi connectivity index (χ0) is 12.4. The number of carbonyl (C=O) groups excluding carboxylic acids is 1. The first-order chi connectivity index (χ1) is 8.13. The lowest BCUT2D eigenvalue weighted by Gasteiger charge is -2.06. The molecule has 0 saturated heterocycles. The summed E-state index contributed by atoms with van der Waals surface area (Å²) in [5.74, 6) is -1.14. The van der Waals surface area contributed by atoms with Crippen LogP contribution in [0, 0.1) is 5.82 Å². The van der Waals surface area contributed by atoms with Gasteiger partial charge in [0, 0.05) is 5.39 Å². The van der Waals surface area contributed by atoms with Crippen LogP contribution in [0.15, 0.2) is 24.3 Å². The van der Waals surface area contributed by atoms with Gasteiger partial charge in [-0.2, -0.15) is 0 Å². The Balaban J connectivity index is 2.61. The van der Waals surface area contributed by atoms with Crippen molar-refractivity contribution in [2.45, 2.75) is 6.92 Å². The minimum Gasteiger partial charge on any atom is -0.461 e. The lowest BCUT2D eigenvalue weighted by atomic mass is 10.1. The molecule has 0 atom stereocenters. The average molecular weight is 234 g/mol. The molecule has 0 spiro atoms. The van der Waals surface area contributed by atoms with Crippen molar-refractivity contribution in [3.63, 3.8) is 0 Å². The number of fused-ring (bicyclic) bond motifs is 1. The van der Waals surface area contributed by atoms with Crippen LogP contribution in [-0.2, 0) is 4.74 Å². The van der Waals surface area contributed by atoms with Gasteiger partial charge in [-0.1, -0.05) is 12.1 Å². The van der Waals surface area contributed by atoms with Crippen LogP contribution in [0.3, 0.4) is 0 Å².